The molecule has 3 N–H and O–H groups in total. The number of nitrogens with two attached hydrogens (primary N) is 1. The summed E-state index contributed by atoms with van der Waals surface area (Å²) < 4.78 is 6.70. The molecule has 2 fully saturated rings. The third-order valence-electron chi connectivity index (χ3n) is 3.87. The minimum Gasteiger partial charge on any atom is -0.396 e. The first-order chi connectivity index (χ1) is 8.08. The summed E-state index contributed by atoms with van der Waals surface area (Å²) in [6.45, 7) is 0.553. The van der Waals surface area contributed by atoms with Gasteiger partial charge in [0.15, 0.2) is 0 Å². The molecule has 0 aromatic carbocycles. The highest BCUT2D eigenvalue weighted by molar-refractivity contribution is 9.10. The molecule has 1 saturated heterocycles. The predicted octanol–water partition coefficient (Wildman–Crippen LogP) is 1.62. The quantitative estimate of drug-likeness (QED) is 0.869. The van der Waals surface area contributed by atoms with Gasteiger partial charge in [-0.15, -0.1) is 11.3 Å². The fraction of sp³-hybridized carbons (Fsp3) is 0.727. The molecule has 1 aliphatic heterocycles. The molecule has 0 radical (unpaired) electrons. The lowest BCUT2D eigenvalue weighted by atomic mass is 9.79. The molecule has 1 spiro atoms. The highest BCUT2D eigenvalue weighted by Crippen LogP contribution is 2.52. The molecule has 17 heavy (non-hydrogen) atoms. The lowest BCUT2D eigenvalue weighted by Gasteiger charge is -2.42. The summed E-state index contributed by atoms with van der Waals surface area (Å²) in [5, 5.41) is 12.3. The number of aromatic nitrogens is 1. The molecule has 2 atom stereocenters. The average Bonchev–Trinajstić information content (AvgIpc) is 2.93. The summed E-state index contributed by atoms with van der Waals surface area (Å²) in [5.74, 6) is 0.0387. The first-order valence-electron chi connectivity index (χ1n) is 5.73. The summed E-state index contributed by atoms with van der Waals surface area (Å²) in [7, 11) is 0. The van der Waals surface area contributed by atoms with Crippen LogP contribution in [-0.2, 0) is 10.3 Å². The van der Waals surface area contributed by atoms with Crippen LogP contribution in [0.4, 0.5) is 0 Å². The maximum absolute atomic E-state index is 9.58. The summed E-state index contributed by atoms with van der Waals surface area (Å²) in [6.07, 6.45) is 3.04. The van der Waals surface area contributed by atoms with Crippen LogP contribution in [0.5, 0.6) is 0 Å². The second-order valence-electron chi connectivity index (χ2n) is 5.07. The Kier molecular flexibility index (Phi) is 2.83. The van der Waals surface area contributed by atoms with Crippen molar-refractivity contribution in [1.29, 1.82) is 0 Å². The third kappa shape index (κ3) is 1.96. The van der Waals surface area contributed by atoms with Crippen molar-refractivity contribution in [3.63, 3.8) is 0 Å². The zero-order chi connectivity index (χ0) is 12.1. The van der Waals surface area contributed by atoms with Crippen LogP contribution < -0.4 is 5.73 Å². The van der Waals surface area contributed by atoms with Crippen LogP contribution in [0.3, 0.4) is 0 Å². The number of ether oxygens (including phenoxy) is 1. The van der Waals surface area contributed by atoms with Gasteiger partial charge >= 0.3 is 0 Å². The number of hydrogen-bond donors (Lipinski definition) is 2. The SMILES string of the molecule is N[C@@]1(c2nc(Br)cs2)COC2(CC2)C[C@H]1CO. The van der Waals surface area contributed by atoms with Crippen LogP contribution in [0.15, 0.2) is 9.98 Å². The fourth-order valence-electron chi connectivity index (χ4n) is 2.50. The average molecular weight is 319 g/mol. The van der Waals surface area contributed by atoms with Crippen molar-refractivity contribution in [2.75, 3.05) is 13.2 Å². The molecular weight excluding hydrogens is 304 g/mol. The zero-order valence-electron chi connectivity index (χ0n) is 9.36. The van der Waals surface area contributed by atoms with Gasteiger partial charge in [-0.1, -0.05) is 0 Å². The van der Waals surface area contributed by atoms with E-state index in [2.05, 4.69) is 20.9 Å². The molecule has 1 aromatic heterocycles. The van der Waals surface area contributed by atoms with Gasteiger partial charge in [-0.2, -0.15) is 0 Å². The van der Waals surface area contributed by atoms with Crippen molar-refractivity contribution in [2.45, 2.75) is 30.4 Å². The van der Waals surface area contributed by atoms with E-state index in [4.69, 9.17) is 10.5 Å². The van der Waals surface area contributed by atoms with E-state index in [0.717, 1.165) is 28.9 Å². The van der Waals surface area contributed by atoms with Crippen LogP contribution in [0, 0.1) is 5.92 Å². The molecule has 94 valence electrons. The van der Waals surface area contributed by atoms with Gasteiger partial charge < -0.3 is 15.6 Å². The Hall–Kier alpha value is -0.0100. The second kappa shape index (κ2) is 3.99. The van der Waals surface area contributed by atoms with E-state index in [1.54, 1.807) is 0 Å². The summed E-state index contributed by atoms with van der Waals surface area (Å²) >= 11 is 4.86. The Morgan fingerprint density at radius 2 is 2.41 bits per heavy atom. The maximum atomic E-state index is 9.58. The van der Waals surface area contributed by atoms with Gasteiger partial charge in [0.2, 0.25) is 0 Å². The van der Waals surface area contributed by atoms with Crippen molar-refractivity contribution in [3.8, 4) is 0 Å². The minimum absolute atomic E-state index is 0.0186. The van der Waals surface area contributed by atoms with Crippen LogP contribution in [0.1, 0.15) is 24.3 Å². The van der Waals surface area contributed by atoms with E-state index < -0.39 is 5.54 Å². The van der Waals surface area contributed by atoms with E-state index in [1.807, 2.05) is 5.38 Å². The van der Waals surface area contributed by atoms with Gasteiger partial charge in [0.05, 0.1) is 17.7 Å². The Balaban J connectivity index is 1.89. The zero-order valence-corrected chi connectivity index (χ0v) is 11.8. The van der Waals surface area contributed by atoms with Gasteiger partial charge in [0.1, 0.15) is 9.61 Å². The number of rotatable bonds is 2. The fourth-order valence-corrected chi connectivity index (χ4v) is 3.93. The lowest BCUT2D eigenvalue weighted by Crippen LogP contribution is -2.55. The molecular formula is C11H15BrN2O2S. The minimum atomic E-state index is -0.640. The smallest absolute Gasteiger partial charge is 0.117 e. The molecule has 0 bridgehead atoms. The van der Waals surface area contributed by atoms with E-state index in [-0.39, 0.29) is 18.1 Å². The van der Waals surface area contributed by atoms with Crippen molar-refractivity contribution < 1.29 is 9.84 Å². The van der Waals surface area contributed by atoms with Crippen LogP contribution in [-0.4, -0.2) is 28.9 Å². The normalized spacial score (nSPS) is 35.1. The van der Waals surface area contributed by atoms with Crippen molar-refractivity contribution in [2.24, 2.45) is 11.7 Å². The molecule has 3 rings (SSSR count). The molecule has 6 heteroatoms. The number of hydrogen-bond acceptors (Lipinski definition) is 5. The Labute approximate surface area is 112 Å². The highest BCUT2D eigenvalue weighted by Gasteiger charge is 2.55. The van der Waals surface area contributed by atoms with Crippen LogP contribution in [0.25, 0.3) is 0 Å². The second-order valence-corrected chi connectivity index (χ2v) is 6.74. The largest absolute Gasteiger partial charge is 0.396 e. The monoisotopic (exact) mass is 318 g/mol. The molecule has 1 aliphatic carbocycles. The topological polar surface area (TPSA) is 68.4 Å². The van der Waals surface area contributed by atoms with Crippen LogP contribution in [0.2, 0.25) is 0 Å². The number of nitrogens with zero attached hydrogens (tertiary/aromatic N) is 1. The number of aliphatic hydroxyl groups is 1. The van der Waals surface area contributed by atoms with E-state index in [1.165, 1.54) is 11.3 Å². The first-order valence-corrected chi connectivity index (χ1v) is 7.40. The molecule has 0 unspecified atom stereocenters. The van der Waals surface area contributed by atoms with Gasteiger partial charge in [-0.05, 0) is 35.2 Å². The summed E-state index contributed by atoms with van der Waals surface area (Å²) in [5.41, 5.74) is 5.82. The molecule has 2 aliphatic rings. The first kappa shape index (κ1) is 12.0. The van der Waals surface area contributed by atoms with Crippen molar-refractivity contribution in [1.82, 2.24) is 4.98 Å². The molecule has 1 saturated carbocycles. The highest BCUT2D eigenvalue weighted by atomic mass is 79.9. The maximum Gasteiger partial charge on any atom is 0.117 e. The summed E-state index contributed by atoms with van der Waals surface area (Å²) in [6, 6.07) is 0. The van der Waals surface area contributed by atoms with Crippen molar-refractivity contribution in [3.05, 3.63) is 15.0 Å². The van der Waals surface area contributed by atoms with E-state index in [0.29, 0.717) is 6.61 Å². The number of thiazole rings is 1. The Morgan fingerprint density at radius 3 is 2.94 bits per heavy atom. The predicted molar refractivity (Wildman–Crippen MR) is 68.8 cm³/mol. The van der Waals surface area contributed by atoms with E-state index in [9.17, 15) is 5.11 Å². The molecule has 2 heterocycles. The number of halogens is 1. The van der Waals surface area contributed by atoms with Gasteiger partial charge in [-0.3, -0.25) is 0 Å². The van der Waals surface area contributed by atoms with Crippen LogP contribution >= 0.6 is 27.3 Å². The Bertz CT molecular complexity index is 435. The molecule has 4 nitrogen and oxygen atoms in total. The molecule has 0 amide bonds. The van der Waals surface area contributed by atoms with Gasteiger partial charge in [0, 0.05) is 17.9 Å². The van der Waals surface area contributed by atoms with Gasteiger partial charge in [-0.25, -0.2) is 4.98 Å². The number of aliphatic hydroxyl groups excluding tert-OH is 1. The summed E-state index contributed by atoms with van der Waals surface area (Å²) in [4.78, 5) is 4.39. The van der Waals surface area contributed by atoms with Crippen molar-refractivity contribution >= 4 is 27.3 Å². The van der Waals surface area contributed by atoms with Gasteiger partial charge in [0.25, 0.3) is 0 Å². The third-order valence-corrected chi connectivity index (χ3v) is 5.61. The standard InChI is InChI=1S/C11H15BrN2O2S/c12-8-5-17-9(14-8)11(13)6-16-10(1-2-10)3-7(11)4-15/h5,7,15H,1-4,6,13H2/t7-,11-/m0/s1. The van der Waals surface area contributed by atoms with E-state index >= 15 is 0 Å². The lowest BCUT2D eigenvalue weighted by molar-refractivity contribution is -0.0901. The molecule has 1 aromatic rings. The Morgan fingerprint density at radius 1 is 1.65 bits per heavy atom.